The highest BCUT2D eigenvalue weighted by atomic mass is 16.4. The van der Waals surface area contributed by atoms with Crippen molar-refractivity contribution >= 4 is 29.1 Å². The number of benzene rings is 1. The maximum absolute atomic E-state index is 12.4. The lowest BCUT2D eigenvalue weighted by atomic mass is 10.0. The van der Waals surface area contributed by atoms with E-state index in [2.05, 4.69) is 0 Å². The Morgan fingerprint density at radius 3 is 2.43 bits per heavy atom. The summed E-state index contributed by atoms with van der Waals surface area (Å²) < 4.78 is 0. The van der Waals surface area contributed by atoms with Crippen molar-refractivity contribution in [2.45, 2.75) is 32.7 Å². The smallest absolute Gasteiger partial charge is 0.335 e. The molecule has 0 aromatic heterocycles. The number of carboxylic acids is 1. The van der Waals surface area contributed by atoms with Crippen molar-refractivity contribution in [1.29, 1.82) is 0 Å². The van der Waals surface area contributed by atoms with Gasteiger partial charge < -0.3 is 14.8 Å². The molecule has 1 aromatic rings. The molecule has 21 heavy (non-hydrogen) atoms. The number of hydrogen-bond donors (Lipinski definition) is 1. The molecule has 0 radical (unpaired) electrons. The first-order valence-corrected chi connectivity index (χ1v) is 6.53. The van der Waals surface area contributed by atoms with Gasteiger partial charge in [-0.1, -0.05) is 0 Å². The predicted octanol–water partition coefficient (Wildman–Crippen LogP) is 1.67. The van der Waals surface area contributed by atoms with E-state index in [0.717, 1.165) is 0 Å². The summed E-state index contributed by atoms with van der Waals surface area (Å²) in [5.74, 6) is -1.82. The molecule has 0 bridgehead atoms. The molecular formula is C15H15NO5. The highest BCUT2D eigenvalue weighted by Crippen LogP contribution is 2.34. The van der Waals surface area contributed by atoms with E-state index >= 15 is 0 Å². The first kappa shape index (κ1) is 14.9. The Morgan fingerprint density at radius 1 is 1.24 bits per heavy atom. The molecule has 6 nitrogen and oxygen atoms in total. The lowest BCUT2D eigenvalue weighted by Gasteiger charge is -2.22. The van der Waals surface area contributed by atoms with Gasteiger partial charge in [0.1, 0.15) is 11.8 Å². The number of Topliss-reactive ketones (excluding diaryl/α,β-unsaturated/α-hetero) is 2. The van der Waals surface area contributed by atoms with Gasteiger partial charge in [-0.05, 0) is 31.5 Å². The lowest BCUT2D eigenvalue weighted by Crippen LogP contribution is -2.39. The zero-order valence-electron chi connectivity index (χ0n) is 11.8. The number of amides is 1. The van der Waals surface area contributed by atoms with Crippen LogP contribution in [0.25, 0.3) is 0 Å². The van der Waals surface area contributed by atoms with Crippen LogP contribution in [0.2, 0.25) is 0 Å². The molecule has 1 heterocycles. The van der Waals surface area contributed by atoms with Gasteiger partial charge in [0.25, 0.3) is 0 Å². The summed E-state index contributed by atoms with van der Waals surface area (Å²) in [5.41, 5.74) is 0.627. The number of rotatable bonds is 4. The molecular weight excluding hydrogens is 274 g/mol. The number of nitrogens with zero attached hydrogens (tertiary/aromatic N) is 1. The zero-order chi connectivity index (χ0) is 15.7. The summed E-state index contributed by atoms with van der Waals surface area (Å²) in [6.07, 6.45) is 0.435. The van der Waals surface area contributed by atoms with E-state index in [0.29, 0.717) is 5.69 Å². The van der Waals surface area contributed by atoms with E-state index < -0.39 is 12.0 Å². The maximum Gasteiger partial charge on any atom is 0.335 e. The van der Waals surface area contributed by atoms with Gasteiger partial charge in [0.15, 0.2) is 5.78 Å². The van der Waals surface area contributed by atoms with Crippen LogP contribution < -0.4 is 4.90 Å². The quantitative estimate of drug-likeness (QED) is 0.910. The monoisotopic (exact) mass is 289 g/mol. The molecule has 1 amide bonds. The fourth-order valence-electron chi connectivity index (χ4n) is 2.53. The van der Waals surface area contributed by atoms with E-state index in [4.69, 9.17) is 5.11 Å². The van der Waals surface area contributed by atoms with Crippen LogP contribution in [0.4, 0.5) is 5.69 Å². The van der Waals surface area contributed by atoms with Gasteiger partial charge in [0.2, 0.25) is 5.91 Å². The van der Waals surface area contributed by atoms with Crippen molar-refractivity contribution in [3.8, 4) is 0 Å². The number of hydrogen-bond acceptors (Lipinski definition) is 4. The fraction of sp³-hybridized carbons (Fsp3) is 0.333. The molecule has 0 saturated heterocycles. The summed E-state index contributed by atoms with van der Waals surface area (Å²) in [5, 5.41) is 8.98. The van der Waals surface area contributed by atoms with Crippen LogP contribution >= 0.6 is 0 Å². The van der Waals surface area contributed by atoms with E-state index in [1.807, 2.05) is 0 Å². The van der Waals surface area contributed by atoms with E-state index in [1.165, 1.54) is 36.9 Å². The molecule has 0 spiro atoms. The van der Waals surface area contributed by atoms with Crippen LogP contribution in [-0.4, -0.2) is 34.6 Å². The SMILES string of the molecule is CC(=O)CCC1C(=O)c2cc(C(=O)O)ccc2N1C(C)=O. The third-order valence-electron chi connectivity index (χ3n) is 3.49. The minimum atomic E-state index is -1.13. The second-order valence-corrected chi connectivity index (χ2v) is 5.05. The van der Waals surface area contributed by atoms with Crippen molar-refractivity contribution < 1.29 is 24.3 Å². The zero-order valence-corrected chi connectivity index (χ0v) is 11.8. The Labute approximate surface area is 121 Å². The number of carbonyl (C=O) groups excluding carboxylic acids is 3. The fourth-order valence-corrected chi connectivity index (χ4v) is 2.53. The molecule has 1 unspecified atom stereocenters. The first-order valence-electron chi connectivity index (χ1n) is 6.53. The molecule has 2 rings (SSSR count). The van der Waals surface area contributed by atoms with Crippen LogP contribution in [0.1, 0.15) is 47.4 Å². The highest BCUT2D eigenvalue weighted by molar-refractivity contribution is 6.18. The minimum Gasteiger partial charge on any atom is -0.478 e. The summed E-state index contributed by atoms with van der Waals surface area (Å²) in [4.78, 5) is 47.6. The Balaban J connectivity index is 2.43. The Kier molecular flexibility index (Phi) is 3.88. The topological polar surface area (TPSA) is 91.8 Å². The summed E-state index contributed by atoms with van der Waals surface area (Å²) in [6.45, 7) is 2.77. The number of carbonyl (C=O) groups is 4. The van der Waals surface area contributed by atoms with Gasteiger partial charge in [-0.2, -0.15) is 0 Å². The maximum atomic E-state index is 12.4. The standard InChI is InChI=1S/C15H15NO5/c1-8(17)3-5-13-14(19)11-7-10(15(20)21)4-6-12(11)16(13)9(2)18/h4,6-7,13H,3,5H2,1-2H3,(H,20,21). The van der Waals surface area contributed by atoms with Gasteiger partial charge in [-0.25, -0.2) is 4.79 Å². The van der Waals surface area contributed by atoms with Crippen LogP contribution in [-0.2, 0) is 9.59 Å². The Morgan fingerprint density at radius 2 is 1.90 bits per heavy atom. The van der Waals surface area contributed by atoms with Crippen LogP contribution in [0.3, 0.4) is 0 Å². The van der Waals surface area contributed by atoms with Crippen LogP contribution in [0.5, 0.6) is 0 Å². The molecule has 0 saturated carbocycles. The van der Waals surface area contributed by atoms with Crippen molar-refractivity contribution in [2.75, 3.05) is 4.90 Å². The van der Waals surface area contributed by atoms with Crippen LogP contribution in [0, 0.1) is 0 Å². The molecule has 1 atom stereocenters. The average molecular weight is 289 g/mol. The number of carboxylic acid groups (broad SMARTS) is 1. The minimum absolute atomic E-state index is 0.00202. The number of fused-ring (bicyclic) bond motifs is 1. The summed E-state index contributed by atoms with van der Waals surface area (Å²) in [6, 6.07) is 3.37. The second-order valence-electron chi connectivity index (χ2n) is 5.05. The van der Waals surface area contributed by atoms with E-state index in [9.17, 15) is 19.2 Å². The van der Waals surface area contributed by atoms with Crippen molar-refractivity contribution in [1.82, 2.24) is 0 Å². The normalized spacial score (nSPS) is 16.8. The molecule has 6 heteroatoms. The van der Waals surface area contributed by atoms with E-state index in [-0.39, 0.29) is 41.4 Å². The third-order valence-corrected chi connectivity index (χ3v) is 3.49. The molecule has 1 N–H and O–H groups in total. The molecule has 0 aliphatic carbocycles. The largest absolute Gasteiger partial charge is 0.478 e. The van der Waals surface area contributed by atoms with Gasteiger partial charge in [-0.15, -0.1) is 0 Å². The number of aromatic carboxylic acids is 1. The van der Waals surface area contributed by atoms with Crippen molar-refractivity contribution in [3.63, 3.8) is 0 Å². The molecule has 110 valence electrons. The van der Waals surface area contributed by atoms with Gasteiger partial charge >= 0.3 is 5.97 Å². The van der Waals surface area contributed by atoms with Gasteiger partial charge in [0, 0.05) is 18.9 Å². The molecule has 0 fully saturated rings. The average Bonchev–Trinajstić information content (AvgIpc) is 2.68. The third kappa shape index (κ3) is 2.69. The van der Waals surface area contributed by atoms with E-state index in [1.54, 1.807) is 0 Å². The van der Waals surface area contributed by atoms with Crippen molar-refractivity contribution in [3.05, 3.63) is 29.3 Å². The number of ketones is 2. The predicted molar refractivity (Wildman–Crippen MR) is 74.6 cm³/mol. The molecule has 1 aromatic carbocycles. The van der Waals surface area contributed by atoms with Crippen molar-refractivity contribution in [2.24, 2.45) is 0 Å². The number of anilines is 1. The highest BCUT2D eigenvalue weighted by Gasteiger charge is 2.39. The second kappa shape index (κ2) is 5.47. The molecule has 1 aliphatic rings. The Bertz CT molecular complexity index is 649. The Hall–Kier alpha value is -2.50. The van der Waals surface area contributed by atoms with Gasteiger partial charge in [-0.3, -0.25) is 9.59 Å². The molecule has 1 aliphatic heterocycles. The lowest BCUT2D eigenvalue weighted by molar-refractivity contribution is -0.118. The first-order chi connectivity index (χ1) is 9.82. The summed E-state index contributed by atoms with van der Waals surface area (Å²) in [7, 11) is 0. The summed E-state index contributed by atoms with van der Waals surface area (Å²) >= 11 is 0. The van der Waals surface area contributed by atoms with Crippen LogP contribution in [0.15, 0.2) is 18.2 Å². The van der Waals surface area contributed by atoms with Gasteiger partial charge in [0.05, 0.1) is 11.3 Å².